The fourth-order valence-electron chi connectivity index (χ4n) is 3.94. The first-order valence-electron chi connectivity index (χ1n) is 8.31. The van der Waals surface area contributed by atoms with Crippen LogP contribution in [-0.2, 0) is 9.59 Å². The Morgan fingerprint density at radius 1 is 1.30 bits per heavy atom. The van der Waals surface area contributed by atoms with Gasteiger partial charge in [-0.3, -0.25) is 14.5 Å². The highest BCUT2D eigenvalue weighted by Gasteiger charge is 2.41. The molecule has 0 saturated carbocycles. The molecule has 3 atom stereocenters. The van der Waals surface area contributed by atoms with Gasteiger partial charge in [0.05, 0.1) is 6.04 Å². The molecule has 1 aromatic heterocycles. The normalized spacial score (nSPS) is 26.4. The maximum Gasteiger partial charge on any atom is 0.243 e. The van der Waals surface area contributed by atoms with E-state index < -0.39 is 0 Å². The standard InChI is InChI=1S/C16H24N4O2S/c1-11(15(22)18-16-17-7-10-23-16)19-8-3-5-13(19)14-6-4-9-20(14)12(2)21/h7,10-11,13-14H,3-6,8-9H2,1-2H3,(H,17,18,22)/t11-,13+,14+/m0/s1. The van der Waals surface area contributed by atoms with Crippen molar-refractivity contribution < 1.29 is 9.59 Å². The van der Waals surface area contributed by atoms with Gasteiger partial charge in [0.2, 0.25) is 11.8 Å². The van der Waals surface area contributed by atoms with E-state index in [1.807, 2.05) is 17.2 Å². The molecule has 0 aromatic carbocycles. The van der Waals surface area contributed by atoms with Gasteiger partial charge >= 0.3 is 0 Å². The molecule has 2 aliphatic heterocycles. The average Bonchev–Trinajstić information content (AvgIpc) is 3.26. The van der Waals surface area contributed by atoms with E-state index in [1.54, 1.807) is 13.1 Å². The van der Waals surface area contributed by atoms with Gasteiger partial charge in [-0.25, -0.2) is 4.98 Å². The van der Waals surface area contributed by atoms with Crippen LogP contribution in [0.2, 0.25) is 0 Å². The van der Waals surface area contributed by atoms with E-state index in [0.717, 1.165) is 38.8 Å². The van der Waals surface area contributed by atoms with Crippen LogP contribution in [-0.4, -0.2) is 57.8 Å². The molecule has 0 aliphatic carbocycles. The summed E-state index contributed by atoms with van der Waals surface area (Å²) in [4.78, 5) is 32.7. The van der Waals surface area contributed by atoms with Gasteiger partial charge in [-0.05, 0) is 39.2 Å². The monoisotopic (exact) mass is 336 g/mol. The molecule has 3 heterocycles. The summed E-state index contributed by atoms with van der Waals surface area (Å²) in [6, 6.07) is 0.337. The smallest absolute Gasteiger partial charge is 0.243 e. The van der Waals surface area contributed by atoms with Gasteiger partial charge in [-0.1, -0.05) is 0 Å². The van der Waals surface area contributed by atoms with Crippen LogP contribution >= 0.6 is 11.3 Å². The third kappa shape index (κ3) is 3.40. The van der Waals surface area contributed by atoms with Crippen LogP contribution in [0, 0.1) is 0 Å². The van der Waals surface area contributed by atoms with Crippen molar-refractivity contribution in [3.05, 3.63) is 11.6 Å². The number of hydrogen-bond acceptors (Lipinski definition) is 5. The van der Waals surface area contributed by atoms with Crippen LogP contribution in [0.3, 0.4) is 0 Å². The molecule has 3 rings (SSSR count). The zero-order valence-electron chi connectivity index (χ0n) is 13.7. The van der Waals surface area contributed by atoms with E-state index in [4.69, 9.17) is 0 Å². The third-order valence-electron chi connectivity index (χ3n) is 5.03. The fourth-order valence-corrected chi connectivity index (χ4v) is 4.47. The van der Waals surface area contributed by atoms with Crippen molar-refractivity contribution in [1.29, 1.82) is 0 Å². The Bertz CT molecular complexity index is 562. The van der Waals surface area contributed by atoms with Crippen LogP contribution in [0.25, 0.3) is 0 Å². The Morgan fingerprint density at radius 2 is 2.04 bits per heavy atom. The number of aromatic nitrogens is 1. The highest BCUT2D eigenvalue weighted by molar-refractivity contribution is 7.13. The van der Waals surface area contributed by atoms with E-state index >= 15 is 0 Å². The molecule has 7 heteroatoms. The first-order chi connectivity index (χ1) is 11.1. The highest BCUT2D eigenvalue weighted by atomic mass is 32.1. The largest absolute Gasteiger partial charge is 0.338 e. The van der Waals surface area contributed by atoms with Crippen molar-refractivity contribution >= 4 is 28.3 Å². The predicted octanol–water partition coefficient (Wildman–Crippen LogP) is 1.95. The second kappa shape index (κ2) is 6.97. The van der Waals surface area contributed by atoms with Gasteiger partial charge in [0.1, 0.15) is 0 Å². The minimum atomic E-state index is -0.208. The van der Waals surface area contributed by atoms with E-state index in [-0.39, 0.29) is 23.9 Å². The van der Waals surface area contributed by atoms with Crippen LogP contribution < -0.4 is 5.32 Å². The maximum absolute atomic E-state index is 12.5. The number of carbonyl (C=O) groups excluding carboxylic acids is 2. The molecule has 0 bridgehead atoms. The topological polar surface area (TPSA) is 65.5 Å². The molecule has 2 amide bonds. The van der Waals surface area contributed by atoms with Gasteiger partial charge in [-0.2, -0.15) is 0 Å². The fraction of sp³-hybridized carbons (Fsp3) is 0.688. The van der Waals surface area contributed by atoms with Gasteiger partial charge < -0.3 is 10.2 Å². The zero-order valence-corrected chi connectivity index (χ0v) is 14.5. The summed E-state index contributed by atoms with van der Waals surface area (Å²) in [6.07, 6.45) is 5.94. The maximum atomic E-state index is 12.5. The molecular formula is C16H24N4O2S. The lowest BCUT2D eigenvalue weighted by atomic mass is 10.0. The van der Waals surface area contributed by atoms with Gasteiger partial charge in [0, 0.05) is 37.1 Å². The minimum Gasteiger partial charge on any atom is -0.338 e. The first kappa shape index (κ1) is 16.4. The predicted molar refractivity (Wildman–Crippen MR) is 90.3 cm³/mol. The SMILES string of the molecule is CC(=O)N1CCC[C@@H]1[C@H]1CCCN1[C@@H](C)C(=O)Nc1nccs1. The molecule has 2 aliphatic rings. The molecule has 6 nitrogen and oxygen atoms in total. The molecule has 0 unspecified atom stereocenters. The molecule has 126 valence electrons. The van der Waals surface area contributed by atoms with Crippen molar-refractivity contribution in [2.75, 3.05) is 18.4 Å². The van der Waals surface area contributed by atoms with E-state index in [1.165, 1.54) is 11.3 Å². The summed E-state index contributed by atoms with van der Waals surface area (Å²) in [6.45, 7) is 5.37. The summed E-state index contributed by atoms with van der Waals surface area (Å²) in [5, 5.41) is 5.38. The van der Waals surface area contributed by atoms with Gasteiger partial charge in [0.15, 0.2) is 5.13 Å². The Labute approximate surface area is 140 Å². The number of thiazole rings is 1. The Kier molecular flexibility index (Phi) is 4.96. The number of likely N-dealkylation sites (tertiary alicyclic amines) is 2. The Balaban J connectivity index is 1.68. The van der Waals surface area contributed by atoms with Crippen LogP contribution in [0.5, 0.6) is 0 Å². The number of nitrogens with zero attached hydrogens (tertiary/aromatic N) is 3. The molecule has 0 spiro atoms. The number of hydrogen-bond donors (Lipinski definition) is 1. The zero-order chi connectivity index (χ0) is 16.4. The second-order valence-corrected chi connectivity index (χ2v) is 7.27. The summed E-state index contributed by atoms with van der Waals surface area (Å²) >= 11 is 1.43. The van der Waals surface area contributed by atoms with Crippen LogP contribution in [0.15, 0.2) is 11.6 Å². The Morgan fingerprint density at radius 3 is 2.74 bits per heavy atom. The lowest BCUT2D eigenvalue weighted by molar-refractivity contribution is -0.131. The average molecular weight is 336 g/mol. The number of nitrogens with one attached hydrogen (secondary N) is 1. The quantitative estimate of drug-likeness (QED) is 0.913. The second-order valence-electron chi connectivity index (χ2n) is 6.37. The van der Waals surface area contributed by atoms with E-state index in [9.17, 15) is 9.59 Å². The van der Waals surface area contributed by atoms with Crippen molar-refractivity contribution in [3.8, 4) is 0 Å². The van der Waals surface area contributed by atoms with Crippen molar-refractivity contribution in [3.63, 3.8) is 0 Å². The number of rotatable bonds is 4. The van der Waals surface area contributed by atoms with Crippen molar-refractivity contribution in [1.82, 2.24) is 14.8 Å². The third-order valence-corrected chi connectivity index (χ3v) is 5.72. The lowest BCUT2D eigenvalue weighted by Gasteiger charge is -2.37. The highest BCUT2D eigenvalue weighted by Crippen LogP contribution is 2.31. The minimum absolute atomic E-state index is 0.0146. The molecule has 2 fully saturated rings. The van der Waals surface area contributed by atoms with Crippen molar-refractivity contribution in [2.45, 2.75) is 57.7 Å². The first-order valence-corrected chi connectivity index (χ1v) is 9.19. The summed E-state index contributed by atoms with van der Waals surface area (Å²) in [7, 11) is 0. The van der Waals surface area contributed by atoms with Gasteiger partial charge in [0.25, 0.3) is 0 Å². The number of carbonyl (C=O) groups is 2. The molecule has 23 heavy (non-hydrogen) atoms. The molecular weight excluding hydrogens is 312 g/mol. The molecule has 2 saturated heterocycles. The summed E-state index contributed by atoms with van der Waals surface area (Å²) in [5.41, 5.74) is 0. The van der Waals surface area contributed by atoms with Crippen LogP contribution in [0.1, 0.15) is 39.5 Å². The Hall–Kier alpha value is -1.47. The lowest BCUT2D eigenvalue weighted by Crippen LogP contribution is -2.53. The number of anilines is 1. The van der Waals surface area contributed by atoms with E-state index in [0.29, 0.717) is 11.2 Å². The summed E-state index contributed by atoms with van der Waals surface area (Å²) in [5.74, 6) is 0.137. The molecule has 0 radical (unpaired) electrons. The molecule has 1 N–H and O–H groups in total. The van der Waals surface area contributed by atoms with Gasteiger partial charge in [-0.15, -0.1) is 11.3 Å². The van der Waals surface area contributed by atoms with E-state index in [2.05, 4.69) is 15.2 Å². The molecule has 1 aromatic rings. The van der Waals surface area contributed by atoms with Crippen LogP contribution in [0.4, 0.5) is 5.13 Å². The summed E-state index contributed by atoms with van der Waals surface area (Å²) < 4.78 is 0. The van der Waals surface area contributed by atoms with Crippen molar-refractivity contribution in [2.24, 2.45) is 0 Å². The number of amides is 2.